The first-order chi connectivity index (χ1) is 13.8. The molecule has 2 aromatic rings. The molecule has 2 aliphatic heterocycles. The lowest BCUT2D eigenvalue weighted by Crippen LogP contribution is -2.36. The minimum absolute atomic E-state index is 0.115. The molecular weight excluding hydrogens is 356 g/mol. The van der Waals surface area contributed by atoms with E-state index >= 15 is 0 Å². The molecule has 0 bridgehead atoms. The molecule has 0 saturated carbocycles. The molecule has 0 radical (unpaired) electrons. The molecule has 6 heteroatoms. The van der Waals surface area contributed by atoms with E-state index in [-0.39, 0.29) is 12.0 Å². The summed E-state index contributed by atoms with van der Waals surface area (Å²) >= 11 is 0. The summed E-state index contributed by atoms with van der Waals surface area (Å²) < 4.78 is 16.9. The van der Waals surface area contributed by atoms with Crippen LogP contribution in [-0.2, 0) is 9.47 Å². The first-order valence-electron chi connectivity index (χ1n) is 9.87. The number of carbonyl (C=O) groups excluding carboxylic acids is 1. The van der Waals surface area contributed by atoms with Gasteiger partial charge in [-0.25, -0.2) is 0 Å². The Hall–Kier alpha value is -2.57. The van der Waals surface area contributed by atoms with Crippen LogP contribution < -0.4 is 15.0 Å². The lowest BCUT2D eigenvalue weighted by atomic mass is 10.1. The largest absolute Gasteiger partial charge is 0.490 e. The van der Waals surface area contributed by atoms with Gasteiger partial charge in [-0.2, -0.15) is 0 Å². The van der Waals surface area contributed by atoms with Gasteiger partial charge in [-0.15, -0.1) is 0 Å². The zero-order valence-electron chi connectivity index (χ0n) is 15.9. The highest BCUT2D eigenvalue weighted by molar-refractivity contribution is 6.06. The van der Waals surface area contributed by atoms with E-state index in [1.807, 2.05) is 42.5 Å². The summed E-state index contributed by atoms with van der Waals surface area (Å²) in [6.07, 6.45) is 2.18. The van der Waals surface area contributed by atoms with Crippen molar-refractivity contribution in [2.45, 2.75) is 18.9 Å². The maximum atomic E-state index is 12.8. The minimum atomic E-state index is -0.179. The van der Waals surface area contributed by atoms with Crippen molar-refractivity contribution in [2.75, 3.05) is 49.7 Å². The third kappa shape index (κ3) is 4.64. The highest BCUT2D eigenvalue weighted by Crippen LogP contribution is 2.23. The average molecular weight is 382 g/mol. The van der Waals surface area contributed by atoms with Crippen LogP contribution in [0.25, 0.3) is 0 Å². The van der Waals surface area contributed by atoms with E-state index in [0.29, 0.717) is 17.9 Å². The summed E-state index contributed by atoms with van der Waals surface area (Å²) in [5, 5.41) is 2.96. The van der Waals surface area contributed by atoms with Gasteiger partial charge in [0.05, 0.1) is 24.9 Å². The molecule has 0 aromatic heterocycles. The van der Waals surface area contributed by atoms with Crippen molar-refractivity contribution in [3.63, 3.8) is 0 Å². The van der Waals surface area contributed by atoms with Crippen LogP contribution in [0, 0.1) is 0 Å². The first kappa shape index (κ1) is 18.8. The molecule has 0 spiro atoms. The van der Waals surface area contributed by atoms with E-state index in [0.717, 1.165) is 57.1 Å². The fourth-order valence-electron chi connectivity index (χ4n) is 3.51. The van der Waals surface area contributed by atoms with Gasteiger partial charge in [-0.1, -0.05) is 12.1 Å². The normalized spacial score (nSPS) is 19.4. The van der Waals surface area contributed by atoms with Gasteiger partial charge in [0.2, 0.25) is 0 Å². The van der Waals surface area contributed by atoms with Gasteiger partial charge in [-0.3, -0.25) is 4.79 Å². The smallest absolute Gasteiger partial charge is 0.259 e. The van der Waals surface area contributed by atoms with Gasteiger partial charge in [0.25, 0.3) is 5.91 Å². The van der Waals surface area contributed by atoms with Crippen LogP contribution in [0.2, 0.25) is 0 Å². The number of anilines is 2. The van der Waals surface area contributed by atoms with Crippen molar-refractivity contribution in [1.29, 1.82) is 0 Å². The number of nitrogens with zero attached hydrogens (tertiary/aromatic N) is 1. The molecule has 2 heterocycles. The van der Waals surface area contributed by atoms with E-state index < -0.39 is 0 Å². The lowest BCUT2D eigenvalue weighted by molar-refractivity contribution is 0.0673. The highest BCUT2D eigenvalue weighted by atomic mass is 16.5. The molecule has 0 aliphatic carbocycles. The molecular formula is C22H26N2O4. The maximum Gasteiger partial charge on any atom is 0.259 e. The Morgan fingerprint density at radius 1 is 1.07 bits per heavy atom. The molecule has 2 saturated heterocycles. The predicted molar refractivity (Wildman–Crippen MR) is 108 cm³/mol. The molecule has 1 N–H and O–H groups in total. The van der Waals surface area contributed by atoms with E-state index in [9.17, 15) is 4.79 Å². The zero-order chi connectivity index (χ0) is 19.2. The summed E-state index contributed by atoms with van der Waals surface area (Å²) in [6, 6.07) is 15.2. The Balaban J connectivity index is 1.39. The number of para-hydroxylation sites is 1. The number of ether oxygens (including phenoxy) is 3. The standard InChI is InChI=1S/C22H26N2O4/c25-22(20-5-1-2-6-21(20)28-16-19-4-3-13-27-19)23-17-7-9-18(10-8-17)24-11-14-26-15-12-24/h1-2,5-10,19H,3-4,11-16H2,(H,23,25). The Morgan fingerprint density at radius 2 is 1.86 bits per heavy atom. The number of hydrogen-bond donors (Lipinski definition) is 1. The molecule has 148 valence electrons. The summed E-state index contributed by atoms with van der Waals surface area (Å²) in [5.74, 6) is 0.405. The number of rotatable bonds is 6. The Bertz CT molecular complexity index is 781. The van der Waals surface area contributed by atoms with Gasteiger partial charge < -0.3 is 24.4 Å². The quantitative estimate of drug-likeness (QED) is 0.830. The Morgan fingerprint density at radius 3 is 2.61 bits per heavy atom. The average Bonchev–Trinajstić information content (AvgIpc) is 3.27. The van der Waals surface area contributed by atoms with Gasteiger partial charge in [0.15, 0.2) is 0 Å². The molecule has 28 heavy (non-hydrogen) atoms. The van der Waals surface area contributed by atoms with Crippen LogP contribution >= 0.6 is 0 Å². The van der Waals surface area contributed by atoms with E-state index in [1.165, 1.54) is 0 Å². The van der Waals surface area contributed by atoms with Crippen molar-refractivity contribution in [3.8, 4) is 5.75 Å². The number of benzene rings is 2. The Labute approximate surface area is 165 Å². The maximum absolute atomic E-state index is 12.8. The molecule has 1 atom stereocenters. The number of nitrogens with one attached hydrogen (secondary N) is 1. The van der Waals surface area contributed by atoms with Crippen LogP contribution in [0.5, 0.6) is 5.75 Å². The fourth-order valence-corrected chi connectivity index (χ4v) is 3.51. The topological polar surface area (TPSA) is 60.0 Å². The van der Waals surface area contributed by atoms with Crippen LogP contribution in [0.15, 0.2) is 48.5 Å². The molecule has 2 fully saturated rings. The predicted octanol–water partition coefficient (Wildman–Crippen LogP) is 3.33. The van der Waals surface area contributed by atoms with Crippen LogP contribution in [0.4, 0.5) is 11.4 Å². The summed E-state index contributed by atoms with van der Waals surface area (Å²) in [4.78, 5) is 15.0. The van der Waals surface area contributed by atoms with Crippen molar-refractivity contribution in [3.05, 3.63) is 54.1 Å². The third-order valence-electron chi connectivity index (χ3n) is 5.08. The number of carbonyl (C=O) groups is 1. The van der Waals surface area contributed by atoms with Gasteiger partial charge in [0, 0.05) is 31.1 Å². The first-order valence-corrected chi connectivity index (χ1v) is 9.87. The van der Waals surface area contributed by atoms with Gasteiger partial charge >= 0.3 is 0 Å². The van der Waals surface area contributed by atoms with Crippen molar-refractivity contribution in [1.82, 2.24) is 0 Å². The number of amides is 1. The van der Waals surface area contributed by atoms with E-state index in [2.05, 4.69) is 10.2 Å². The second kappa shape index (κ2) is 9.08. The SMILES string of the molecule is O=C(Nc1ccc(N2CCOCC2)cc1)c1ccccc1OCC1CCCO1. The summed E-state index contributed by atoms with van der Waals surface area (Å²) in [5.41, 5.74) is 2.43. The molecule has 6 nitrogen and oxygen atoms in total. The van der Waals surface area contributed by atoms with Crippen LogP contribution in [-0.4, -0.2) is 51.5 Å². The minimum Gasteiger partial charge on any atom is -0.490 e. The van der Waals surface area contributed by atoms with Crippen LogP contribution in [0.3, 0.4) is 0 Å². The van der Waals surface area contributed by atoms with Gasteiger partial charge in [0.1, 0.15) is 12.4 Å². The second-order valence-electron chi connectivity index (χ2n) is 7.04. The van der Waals surface area contributed by atoms with Crippen molar-refractivity contribution >= 4 is 17.3 Å². The van der Waals surface area contributed by atoms with Crippen molar-refractivity contribution in [2.24, 2.45) is 0 Å². The zero-order valence-corrected chi connectivity index (χ0v) is 15.9. The molecule has 1 unspecified atom stereocenters. The number of hydrogen-bond acceptors (Lipinski definition) is 5. The lowest BCUT2D eigenvalue weighted by Gasteiger charge is -2.28. The fraction of sp³-hybridized carbons (Fsp3) is 0.409. The summed E-state index contributed by atoms with van der Waals surface area (Å²) in [7, 11) is 0. The molecule has 2 aliphatic rings. The Kier molecular flexibility index (Phi) is 6.09. The second-order valence-corrected chi connectivity index (χ2v) is 7.04. The highest BCUT2D eigenvalue weighted by Gasteiger charge is 2.18. The molecule has 4 rings (SSSR count). The van der Waals surface area contributed by atoms with E-state index in [1.54, 1.807) is 6.07 Å². The van der Waals surface area contributed by atoms with Crippen molar-refractivity contribution < 1.29 is 19.0 Å². The molecule has 1 amide bonds. The summed E-state index contributed by atoms with van der Waals surface area (Å²) in [6.45, 7) is 4.54. The van der Waals surface area contributed by atoms with Crippen LogP contribution in [0.1, 0.15) is 23.2 Å². The van der Waals surface area contributed by atoms with E-state index in [4.69, 9.17) is 14.2 Å². The molecule has 2 aromatic carbocycles. The number of morpholine rings is 1. The van der Waals surface area contributed by atoms with Gasteiger partial charge in [-0.05, 0) is 49.2 Å². The monoisotopic (exact) mass is 382 g/mol. The third-order valence-corrected chi connectivity index (χ3v) is 5.08.